The predicted molar refractivity (Wildman–Crippen MR) is 80.5 cm³/mol. The molecule has 0 aliphatic carbocycles. The van der Waals surface area contributed by atoms with E-state index in [2.05, 4.69) is 44.4 Å². The molecule has 0 fully saturated rings. The van der Waals surface area contributed by atoms with E-state index in [0.29, 0.717) is 13.1 Å². The third kappa shape index (κ3) is 8.03. The Balaban J connectivity index is 4.44. The zero-order chi connectivity index (χ0) is 14.2. The normalized spacial score (nSPS) is 13.0. The zero-order valence-electron chi connectivity index (χ0n) is 13.1. The van der Waals surface area contributed by atoms with Crippen LogP contribution in [0.2, 0.25) is 0 Å². The standard InChI is InChI=1S/C14H34N4/c1-13(2)6-9-18(14(3,4)5)12-17(10-7-15)11-8-16/h13H,6-12,15-16H2,1-5H3. The van der Waals surface area contributed by atoms with Crippen LogP contribution >= 0.6 is 0 Å². The predicted octanol–water partition coefficient (Wildman–Crippen LogP) is 1.31. The van der Waals surface area contributed by atoms with Crippen molar-refractivity contribution < 1.29 is 0 Å². The maximum atomic E-state index is 5.67. The second kappa shape index (κ2) is 8.86. The van der Waals surface area contributed by atoms with Gasteiger partial charge in [-0.2, -0.15) is 0 Å². The number of nitrogens with two attached hydrogens (primary N) is 2. The molecule has 0 aromatic rings. The van der Waals surface area contributed by atoms with Gasteiger partial charge in [-0.1, -0.05) is 13.8 Å². The molecule has 4 nitrogen and oxygen atoms in total. The highest BCUT2D eigenvalue weighted by molar-refractivity contribution is 4.77. The molecule has 0 aromatic heterocycles. The fraction of sp³-hybridized carbons (Fsp3) is 1.00. The molecule has 4 heteroatoms. The topological polar surface area (TPSA) is 58.5 Å². The van der Waals surface area contributed by atoms with Crippen LogP contribution in [0.1, 0.15) is 41.0 Å². The third-order valence-corrected chi connectivity index (χ3v) is 3.19. The van der Waals surface area contributed by atoms with E-state index in [1.807, 2.05) is 0 Å². The molecule has 0 aliphatic heterocycles. The van der Waals surface area contributed by atoms with Gasteiger partial charge < -0.3 is 11.5 Å². The summed E-state index contributed by atoms with van der Waals surface area (Å²) in [7, 11) is 0. The van der Waals surface area contributed by atoms with Gasteiger partial charge in [0.25, 0.3) is 0 Å². The molecule has 0 spiro atoms. The minimum absolute atomic E-state index is 0.191. The van der Waals surface area contributed by atoms with Crippen molar-refractivity contribution in [2.45, 2.75) is 46.6 Å². The molecule has 0 amide bonds. The third-order valence-electron chi connectivity index (χ3n) is 3.19. The van der Waals surface area contributed by atoms with E-state index in [4.69, 9.17) is 11.5 Å². The average Bonchev–Trinajstić information content (AvgIpc) is 2.22. The summed E-state index contributed by atoms with van der Waals surface area (Å²) in [6.45, 7) is 16.7. The Kier molecular flexibility index (Phi) is 8.78. The average molecular weight is 258 g/mol. The van der Waals surface area contributed by atoms with Crippen molar-refractivity contribution in [3.05, 3.63) is 0 Å². The maximum Gasteiger partial charge on any atom is 0.0512 e. The van der Waals surface area contributed by atoms with Crippen LogP contribution in [0.4, 0.5) is 0 Å². The van der Waals surface area contributed by atoms with Crippen molar-refractivity contribution >= 4 is 0 Å². The number of rotatable bonds is 9. The lowest BCUT2D eigenvalue weighted by molar-refractivity contribution is 0.0551. The van der Waals surface area contributed by atoms with Gasteiger partial charge in [0, 0.05) is 38.3 Å². The molecule has 0 atom stereocenters. The van der Waals surface area contributed by atoms with E-state index in [9.17, 15) is 0 Å². The van der Waals surface area contributed by atoms with Crippen LogP contribution in [0.3, 0.4) is 0 Å². The molecule has 0 radical (unpaired) electrons. The lowest BCUT2D eigenvalue weighted by atomic mass is 10.0. The summed E-state index contributed by atoms with van der Waals surface area (Å²) in [5, 5.41) is 0. The van der Waals surface area contributed by atoms with Gasteiger partial charge >= 0.3 is 0 Å². The molecular formula is C14H34N4. The Bertz CT molecular complexity index is 192. The first-order valence-electron chi connectivity index (χ1n) is 7.18. The highest BCUT2D eigenvalue weighted by atomic mass is 15.3. The Morgan fingerprint density at radius 3 is 1.78 bits per heavy atom. The molecule has 0 saturated carbocycles. The summed E-state index contributed by atoms with van der Waals surface area (Å²) >= 11 is 0. The van der Waals surface area contributed by atoms with Crippen LogP contribution in [0, 0.1) is 5.92 Å². The summed E-state index contributed by atoms with van der Waals surface area (Å²) in [5.74, 6) is 0.743. The second-order valence-electron chi connectivity index (χ2n) is 6.45. The van der Waals surface area contributed by atoms with Crippen LogP contribution in [0.5, 0.6) is 0 Å². The van der Waals surface area contributed by atoms with Crippen LogP contribution in [0.15, 0.2) is 0 Å². The molecule has 0 unspecified atom stereocenters. The Morgan fingerprint density at radius 1 is 0.944 bits per heavy atom. The molecular weight excluding hydrogens is 224 g/mol. The minimum atomic E-state index is 0.191. The summed E-state index contributed by atoms with van der Waals surface area (Å²) < 4.78 is 0. The minimum Gasteiger partial charge on any atom is -0.329 e. The highest BCUT2D eigenvalue weighted by Gasteiger charge is 2.22. The van der Waals surface area contributed by atoms with E-state index in [1.165, 1.54) is 6.42 Å². The van der Waals surface area contributed by atoms with Gasteiger partial charge in [-0.15, -0.1) is 0 Å². The molecule has 0 rings (SSSR count). The van der Waals surface area contributed by atoms with Gasteiger partial charge in [0.2, 0.25) is 0 Å². The molecule has 18 heavy (non-hydrogen) atoms. The molecule has 110 valence electrons. The molecule has 0 bridgehead atoms. The molecule has 0 saturated heterocycles. The lowest BCUT2D eigenvalue weighted by Crippen LogP contribution is -2.50. The van der Waals surface area contributed by atoms with Crippen LogP contribution in [0.25, 0.3) is 0 Å². The first-order valence-corrected chi connectivity index (χ1v) is 7.18. The smallest absolute Gasteiger partial charge is 0.0512 e. The zero-order valence-corrected chi connectivity index (χ0v) is 13.1. The van der Waals surface area contributed by atoms with Crippen molar-refractivity contribution in [2.24, 2.45) is 17.4 Å². The fourth-order valence-electron chi connectivity index (χ4n) is 1.89. The van der Waals surface area contributed by atoms with E-state index in [1.54, 1.807) is 0 Å². The molecule has 4 N–H and O–H groups in total. The Labute approximate surface area is 114 Å². The van der Waals surface area contributed by atoms with Gasteiger partial charge in [-0.25, -0.2) is 0 Å². The first kappa shape index (κ1) is 17.8. The van der Waals surface area contributed by atoms with Crippen molar-refractivity contribution in [1.29, 1.82) is 0 Å². The fourth-order valence-corrected chi connectivity index (χ4v) is 1.89. The van der Waals surface area contributed by atoms with E-state index < -0.39 is 0 Å². The monoisotopic (exact) mass is 258 g/mol. The molecule has 0 aliphatic rings. The van der Waals surface area contributed by atoms with Gasteiger partial charge in [0.05, 0.1) is 6.67 Å². The summed E-state index contributed by atoms with van der Waals surface area (Å²) in [6, 6.07) is 0. The van der Waals surface area contributed by atoms with Crippen LogP contribution in [-0.2, 0) is 0 Å². The van der Waals surface area contributed by atoms with E-state index in [-0.39, 0.29) is 5.54 Å². The Hall–Kier alpha value is -0.160. The van der Waals surface area contributed by atoms with Crippen molar-refractivity contribution in [3.8, 4) is 0 Å². The quantitative estimate of drug-likeness (QED) is 0.612. The van der Waals surface area contributed by atoms with Gasteiger partial charge in [0.15, 0.2) is 0 Å². The number of nitrogens with zero attached hydrogens (tertiary/aromatic N) is 2. The van der Waals surface area contributed by atoms with Crippen molar-refractivity contribution in [1.82, 2.24) is 9.80 Å². The molecule has 0 heterocycles. The number of hydrogen-bond acceptors (Lipinski definition) is 4. The summed E-state index contributed by atoms with van der Waals surface area (Å²) in [6.07, 6.45) is 1.23. The number of hydrogen-bond donors (Lipinski definition) is 2. The highest BCUT2D eigenvalue weighted by Crippen LogP contribution is 2.16. The summed E-state index contributed by atoms with van der Waals surface area (Å²) in [4.78, 5) is 4.88. The van der Waals surface area contributed by atoms with E-state index >= 15 is 0 Å². The van der Waals surface area contributed by atoms with Gasteiger partial charge in [0.1, 0.15) is 0 Å². The van der Waals surface area contributed by atoms with Crippen molar-refractivity contribution in [2.75, 3.05) is 39.4 Å². The van der Waals surface area contributed by atoms with Crippen molar-refractivity contribution in [3.63, 3.8) is 0 Å². The maximum absolute atomic E-state index is 5.67. The second-order valence-corrected chi connectivity index (χ2v) is 6.45. The molecule has 0 aromatic carbocycles. The SMILES string of the molecule is CC(C)CCN(CN(CCN)CCN)C(C)(C)C. The van der Waals surface area contributed by atoms with E-state index in [0.717, 1.165) is 32.2 Å². The Morgan fingerprint density at radius 2 is 1.44 bits per heavy atom. The lowest BCUT2D eigenvalue weighted by Gasteiger charge is -2.39. The summed E-state index contributed by atoms with van der Waals surface area (Å²) in [5.41, 5.74) is 11.5. The largest absolute Gasteiger partial charge is 0.329 e. The van der Waals surface area contributed by atoms with Gasteiger partial charge in [-0.3, -0.25) is 9.80 Å². The van der Waals surface area contributed by atoms with Gasteiger partial charge in [-0.05, 0) is 33.1 Å². The van der Waals surface area contributed by atoms with Crippen LogP contribution < -0.4 is 11.5 Å². The first-order chi connectivity index (χ1) is 8.31. The van der Waals surface area contributed by atoms with Crippen LogP contribution in [-0.4, -0.2) is 54.7 Å².